The second kappa shape index (κ2) is 4.74. The zero-order valence-electron chi connectivity index (χ0n) is 12.0. The zero-order valence-corrected chi connectivity index (χ0v) is 12.0. The van der Waals surface area contributed by atoms with Gasteiger partial charge < -0.3 is 11.5 Å². The van der Waals surface area contributed by atoms with Gasteiger partial charge in [0.1, 0.15) is 0 Å². The van der Waals surface area contributed by atoms with Crippen LogP contribution in [0.15, 0.2) is 66.9 Å². The number of fused-ring (bicyclic) bond motifs is 3. The van der Waals surface area contributed by atoms with Crippen LogP contribution < -0.4 is 11.5 Å². The lowest BCUT2D eigenvalue weighted by Crippen LogP contribution is -1.99. The van der Waals surface area contributed by atoms with Crippen molar-refractivity contribution < 1.29 is 0 Å². The number of anilines is 2. The van der Waals surface area contributed by atoms with Gasteiger partial charge in [-0.25, -0.2) is 0 Å². The van der Waals surface area contributed by atoms with Crippen molar-refractivity contribution in [3.05, 3.63) is 66.9 Å². The van der Waals surface area contributed by atoms with Crippen molar-refractivity contribution in [2.24, 2.45) is 0 Å². The normalized spacial score (nSPS) is 11.1. The van der Waals surface area contributed by atoms with Crippen LogP contribution >= 0.6 is 0 Å². The van der Waals surface area contributed by atoms with Crippen LogP contribution in [0.1, 0.15) is 0 Å². The summed E-state index contributed by atoms with van der Waals surface area (Å²) >= 11 is 0. The molecule has 3 aromatic carbocycles. The van der Waals surface area contributed by atoms with Crippen LogP contribution in [-0.2, 0) is 0 Å². The Morgan fingerprint density at radius 3 is 2.36 bits per heavy atom. The van der Waals surface area contributed by atoms with Crippen molar-refractivity contribution in [3.8, 4) is 11.1 Å². The maximum Gasteiger partial charge on any atom is 0.0736 e. The van der Waals surface area contributed by atoms with Crippen molar-refractivity contribution in [1.82, 2.24) is 4.98 Å². The van der Waals surface area contributed by atoms with Crippen molar-refractivity contribution in [1.29, 1.82) is 0 Å². The molecule has 0 saturated carbocycles. The highest BCUT2D eigenvalue weighted by Crippen LogP contribution is 2.40. The summed E-state index contributed by atoms with van der Waals surface area (Å²) in [6, 6.07) is 20.1. The van der Waals surface area contributed by atoms with E-state index in [1.165, 1.54) is 0 Å². The second-order valence-electron chi connectivity index (χ2n) is 5.36. The predicted molar refractivity (Wildman–Crippen MR) is 93.5 cm³/mol. The van der Waals surface area contributed by atoms with Crippen molar-refractivity contribution in [2.45, 2.75) is 0 Å². The van der Waals surface area contributed by atoms with Crippen molar-refractivity contribution in [2.75, 3.05) is 11.5 Å². The molecule has 1 heterocycles. The number of rotatable bonds is 1. The Morgan fingerprint density at radius 1 is 0.818 bits per heavy atom. The first-order valence-corrected chi connectivity index (χ1v) is 7.16. The first kappa shape index (κ1) is 12.7. The predicted octanol–water partition coefficient (Wildman–Crippen LogP) is 4.22. The Kier molecular flexibility index (Phi) is 2.73. The van der Waals surface area contributed by atoms with Crippen molar-refractivity contribution in [3.63, 3.8) is 0 Å². The summed E-state index contributed by atoms with van der Waals surface area (Å²) in [7, 11) is 0. The topological polar surface area (TPSA) is 64.9 Å². The number of nitrogens with zero attached hydrogens (tertiary/aromatic N) is 1. The Bertz CT molecular complexity index is 992. The third kappa shape index (κ3) is 1.79. The van der Waals surface area contributed by atoms with E-state index in [9.17, 15) is 0 Å². The van der Waals surface area contributed by atoms with Gasteiger partial charge >= 0.3 is 0 Å². The van der Waals surface area contributed by atoms with Gasteiger partial charge in [0.05, 0.1) is 16.9 Å². The molecule has 0 radical (unpaired) electrons. The molecule has 1 aromatic heterocycles. The Morgan fingerprint density at radius 2 is 1.55 bits per heavy atom. The highest BCUT2D eigenvalue weighted by Gasteiger charge is 2.14. The fourth-order valence-corrected chi connectivity index (χ4v) is 2.96. The largest absolute Gasteiger partial charge is 0.397 e. The molecule has 3 heteroatoms. The monoisotopic (exact) mass is 285 g/mol. The number of hydrogen-bond donors (Lipinski definition) is 2. The standard InChI is InChI=1S/C19H15N3/c20-15-10-16-18(14-9-5-4-8-13(14)11-22-16)17(19(15)21)12-6-2-1-3-7-12/h1-11H,20-21H2. The molecule has 106 valence electrons. The van der Waals surface area contributed by atoms with Crippen LogP contribution in [0.5, 0.6) is 0 Å². The maximum absolute atomic E-state index is 6.32. The van der Waals surface area contributed by atoms with E-state index >= 15 is 0 Å². The van der Waals surface area contributed by atoms with Gasteiger partial charge in [0.2, 0.25) is 0 Å². The average Bonchev–Trinajstić information content (AvgIpc) is 2.57. The number of nitrogens with two attached hydrogens (primary N) is 2. The van der Waals surface area contributed by atoms with Gasteiger partial charge in [-0.05, 0) is 17.0 Å². The second-order valence-corrected chi connectivity index (χ2v) is 5.36. The van der Waals surface area contributed by atoms with E-state index in [-0.39, 0.29) is 0 Å². The molecule has 22 heavy (non-hydrogen) atoms. The van der Waals surface area contributed by atoms with Crippen LogP contribution in [0.25, 0.3) is 32.8 Å². The molecule has 0 bridgehead atoms. The molecule has 0 aliphatic rings. The molecule has 0 aliphatic heterocycles. The van der Waals surface area contributed by atoms with Crippen LogP contribution in [0.3, 0.4) is 0 Å². The summed E-state index contributed by atoms with van der Waals surface area (Å²) in [4.78, 5) is 4.56. The van der Waals surface area contributed by atoms with Gasteiger partial charge in [0.15, 0.2) is 0 Å². The van der Waals surface area contributed by atoms with Crippen molar-refractivity contribution >= 4 is 33.1 Å². The molecule has 4 rings (SSSR count). The van der Waals surface area contributed by atoms with Crippen LogP contribution in [-0.4, -0.2) is 4.98 Å². The molecule has 3 nitrogen and oxygen atoms in total. The van der Waals surface area contributed by atoms with Gasteiger partial charge in [0, 0.05) is 22.5 Å². The van der Waals surface area contributed by atoms with Gasteiger partial charge in [-0.1, -0.05) is 54.6 Å². The fourth-order valence-electron chi connectivity index (χ4n) is 2.96. The Hall–Kier alpha value is -3.07. The van der Waals surface area contributed by atoms with E-state index in [1.807, 2.05) is 54.7 Å². The minimum absolute atomic E-state index is 0.564. The quantitative estimate of drug-likeness (QED) is 0.406. The smallest absolute Gasteiger partial charge is 0.0736 e. The lowest BCUT2D eigenvalue weighted by molar-refractivity contribution is 1.44. The van der Waals surface area contributed by atoms with Crippen LogP contribution in [0.2, 0.25) is 0 Å². The van der Waals surface area contributed by atoms with E-state index in [2.05, 4.69) is 17.1 Å². The maximum atomic E-state index is 6.32. The van der Waals surface area contributed by atoms with E-state index < -0.39 is 0 Å². The molecule has 0 spiro atoms. The van der Waals surface area contributed by atoms with E-state index in [0.29, 0.717) is 11.4 Å². The first-order valence-electron chi connectivity index (χ1n) is 7.16. The van der Waals surface area contributed by atoms with Gasteiger partial charge in [0.25, 0.3) is 0 Å². The summed E-state index contributed by atoms with van der Waals surface area (Å²) in [5, 5.41) is 3.28. The number of nitrogen functional groups attached to an aromatic ring is 2. The minimum atomic E-state index is 0.564. The molecule has 4 aromatic rings. The Labute approximate surface area is 128 Å². The summed E-state index contributed by atoms with van der Waals surface area (Å²) in [5.74, 6) is 0. The molecule has 0 saturated heterocycles. The zero-order chi connectivity index (χ0) is 15.1. The third-order valence-corrected chi connectivity index (χ3v) is 4.01. The van der Waals surface area contributed by atoms with Crippen LogP contribution in [0.4, 0.5) is 11.4 Å². The summed E-state index contributed by atoms with van der Waals surface area (Å²) in [5.41, 5.74) is 16.5. The molecule has 0 fully saturated rings. The average molecular weight is 285 g/mol. The van der Waals surface area contributed by atoms with Gasteiger partial charge in [-0.2, -0.15) is 0 Å². The molecule has 4 N–H and O–H groups in total. The molecular formula is C19H15N3. The highest BCUT2D eigenvalue weighted by molar-refractivity contribution is 6.17. The molecule has 0 unspecified atom stereocenters. The minimum Gasteiger partial charge on any atom is -0.397 e. The SMILES string of the molecule is Nc1cc2ncc3ccccc3c2c(-c2ccccc2)c1N. The van der Waals surface area contributed by atoms with Gasteiger partial charge in [-0.15, -0.1) is 0 Å². The number of hydrogen-bond acceptors (Lipinski definition) is 3. The molecule has 0 aliphatic carbocycles. The number of benzene rings is 3. The lowest BCUT2D eigenvalue weighted by atomic mass is 9.94. The molecule has 0 amide bonds. The summed E-state index contributed by atoms with van der Waals surface area (Å²) in [6.45, 7) is 0. The lowest BCUT2D eigenvalue weighted by Gasteiger charge is -2.14. The molecule has 0 atom stereocenters. The van der Waals surface area contributed by atoms with E-state index in [0.717, 1.165) is 32.8 Å². The van der Waals surface area contributed by atoms with E-state index in [1.54, 1.807) is 0 Å². The fraction of sp³-hybridized carbons (Fsp3) is 0. The number of aromatic nitrogens is 1. The summed E-state index contributed by atoms with van der Waals surface area (Å²) in [6.07, 6.45) is 1.88. The highest BCUT2D eigenvalue weighted by atomic mass is 14.7. The molecular weight excluding hydrogens is 270 g/mol. The third-order valence-electron chi connectivity index (χ3n) is 4.01. The number of pyridine rings is 1. The Balaban J connectivity index is 2.26. The van der Waals surface area contributed by atoms with Gasteiger partial charge in [-0.3, -0.25) is 4.98 Å². The first-order chi connectivity index (χ1) is 10.8. The summed E-state index contributed by atoms with van der Waals surface area (Å²) < 4.78 is 0. The van der Waals surface area contributed by atoms with E-state index in [4.69, 9.17) is 11.5 Å². The van der Waals surface area contributed by atoms with Crippen LogP contribution in [0, 0.1) is 0 Å².